The lowest BCUT2D eigenvalue weighted by Gasteiger charge is -2.06. The molecule has 1 aromatic heterocycles. The zero-order valence-corrected chi connectivity index (χ0v) is 6.46. The molecule has 2 heteroatoms. The average Bonchev–Trinajstić information content (AvgIpc) is 2.58. The molecule has 2 nitrogen and oxygen atoms in total. The first-order chi connectivity index (χ1) is 5.47. The summed E-state index contributed by atoms with van der Waals surface area (Å²) in [6.07, 6.45) is 5.01. The Morgan fingerprint density at radius 2 is 2.18 bits per heavy atom. The van der Waals surface area contributed by atoms with Gasteiger partial charge in [0.2, 0.25) is 0 Å². The zero-order chi connectivity index (χ0) is 7.52. The van der Waals surface area contributed by atoms with E-state index in [1.54, 1.807) is 0 Å². The third-order valence-electron chi connectivity index (χ3n) is 2.24. The minimum atomic E-state index is 0.720. The highest BCUT2D eigenvalue weighted by Gasteiger charge is 2.15. The minimum absolute atomic E-state index is 0.720. The molecule has 0 unspecified atom stereocenters. The lowest BCUT2D eigenvalue weighted by molar-refractivity contribution is 0.761. The first-order valence-corrected chi connectivity index (χ1v) is 4.07. The summed E-state index contributed by atoms with van der Waals surface area (Å²) in [6, 6.07) is 4.22. The van der Waals surface area contributed by atoms with E-state index in [9.17, 15) is 0 Å². The molecule has 0 saturated carbocycles. The van der Waals surface area contributed by atoms with Gasteiger partial charge in [0.15, 0.2) is 0 Å². The third kappa shape index (κ3) is 1.40. The smallest absolute Gasteiger partial charge is 0.0270 e. The Bertz CT molecular complexity index is 214. The Morgan fingerprint density at radius 1 is 1.36 bits per heavy atom. The molecule has 0 radical (unpaired) electrons. The van der Waals surface area contributed by atoms with Crippen LogP contribution in [0.5, 0.6) is 0 Å². The summed E-state index contributed by atoms with van der Waals surface area (Å²) < 4.78 is 0. The van der Waals surface area contributed by atoms with Crippen LogP contribution in [0.25, 0.3) is 0 Å². The highest BCUT2D eigenvalue weighted by atomic mass is 14.9. The lowest BCUT2D eigenvalue weighted by Crippen LogP contribution is -2.07. The van der Waals surface area contributed by atoms with E-state index in [-0.39, 0.29) is 0 Å². The molecule has 11 heavy (non-hydrogen) atoms. The van der Waals surface area contributed by atoms with Gasteiger partial charge in [0.25, 0.3) is 0 Å². The van der Waals surface area contributed by atoms with Crippen molar-refractivity contribution in [1.29, 1.82) is 0 Å². The van der Waals surface area contributed by atoms with E-state index in [1.807, 2.05) is 12.4 Å². The van der Waals surface area contributed by atoms with Crippen LogP contribution in [0.4, 0.5) is 0 Å². The number of rotatable bonds is 1. The first kappa shape index (κ1) is 6.80. The molecule has 1 N–H and O–H groups in total. The number of hydrogen-bond donors (Lipinski definition) is 1. The largest absolute Gasteiger partial charge is 0.316 e. The van der Waals surface area contributed by atoms with Crippen molar-refractivity contribution >= 4 is 0 Å². The van der Waals surface area contributed by atoms with Crippen molar-refractivity contribution in [2.75, 3.05) is 13.1 Å². The van der Waals surface area contributed by atoms with Gasteiger partial charge in [0.05, 0.1) is 0 Å². The van der Waals surface area contributed by atoms with E-state index in [0.29, 0.717) is 0 Å². The summed E-state index contributed by atoms with van der Waals surface area (Å²) in [7, 11) is 0. The monoisotopic (exact) mass is 148 g/mol. The van der Waals surface area contributed by atoms with E-state index in [4.69, 9.17) is 0 Å². The molecule has 0 amide bonds. The molecular weight excluding hydrogens is 136 g/mol. The van der Waals surface area contributed by atoms with Crippen molar-refractivity contribution in [2.24, 2.45) is 0 Å². The van der Waals surface area contributed by atoms with Crippen LogP contribution >= 0.6 is 0 Å². The number of nitrogens with one attached hydrogen (secondary N) is 1. The van der Waals surface area contributed by atoms with E-state index < -0.39 is 0 Å². The molecule has 1 atom stereocenters. The van der Waals surface area contributed by atoms with Gasteiger partial charge in [-0.05, 0) is 36.6 Å². The highest BCUT2D eigenvalue weighted by Crippen LogP contribution is 2.20. The van der Waals surface area contributed by atoms with Gasteiger partial charge in [-0.25, -0.2) is 0 Å². The molecule has 1 fully saturated rings. The molecule has 0 aliphatic carbocycles. The average molecular weight is 148 g/mol. The Morgan fingerprint density at radius 3 is 2.82 bits per heavy atom. The van der Waals surface area contributed by atoms with Gasteiger partial charge < -0.3 is 5.32 Å². The molecular formula is C9H12N2. The minimum Gasteiger partial charge on any atom is -0.316 e. The van der Waals surface area contributed by atoms with Crippen LogP contribution in [-0.4, -0.2) is 18.1 Å². The molecule has 0 spiro atoms. The number of aromatic nitrogens is 1. The van der Waals surface area contributed by atoms with Crippen LogP contribution in [0, 0.1) is 0 Å². The Hall–Kier alpha value is -0.890. The second-order valence-corrected chi connectivity index (χ2v) is 2.97. The second kappa shape index (κ2) is 3.01. The maximum atomic E-state index is 4.00. The highest BCUT2D eigenvalue weighted by molar-refractivity contribution is 5.17. The summed E-state index contributed by atoms with van der Waals surface area (Å²) in [5.41, 5.74) is 1.42. The predicted molar refractivity (Wildman–Crippen MR) is 44.5 cm³/mol. The fourth-order valence-electron chi connectivity index (χ4n) is 1.57. The fraction of sp³-hybridized carbons (Fsp3) is 0.444. The van der Waals surface area contributed by atoms with Crippen molar-refractivity contribution in [3.8, 4) is 0 Å². The van der Waals surface area contributed by atoms with Crippen LogP contribution in [-0.2, 0) is 0 Å². The van der Waals surface area contributed by atoms with Gasteiger partial charge in [-0.3, -0.25) is 4.98 Å². The van der Waals surface area contributed by atoms with E-state index in [0.717, 1.165) is 19.0 Å². The van der Waals surface area contributed by atoms with Crippen LogP contribution in [0.2, 0.25) is 0 Å². The molecule has 0 bridgehead atoms. The van der Waals surface area contributed by atoms with Crippen molar-refractivity contribution in [3.63, 3.8) is 0 Å². The third-order valence-corrected chi connectivity index (χ3v) is 2.24. The SMILES string of the molecule is c1cc([C@@H]2CCNC2)ccn1. The molecule has 1 aliphatic heterocycles. The van der Waals surface area contributed by atoms with Crippen LogP contribution < -0.4 is 5.32 Å². The quantitative estimate of drug-likeness (QED) is 0.646. The van der Waals surface area contributed by atoms with Crippen molar-refractivity contribution in [3.05, 3.63) is 30.1 Å². The molecule has 2 rings (SSSR count). The Kier molecular flexibility index (Phi) is 1.86. The second-order valence-electron chi connectivity index (χ2n) is 2.97. The van der Waals surface area contributed by atoms with Gasteiger partial charge in [-0.15, -0.1) is 0 Å². The lowest BCUT2D eigenvalue weighted by atomic mass is 10.0. The van der Waals surface area contributed by atoms with Gasteiger partial charge >= 0.3 is 0 Å². The standard InChI is InChI=1S/C9H12N2/c1-4-10-5-2-8(1)9-3-6-11-7-9/h1-2,4-5,9,11H,3,6-7H2/t9-/m1/s1. The van der Waals surface area contributed by atoms with Crippen molar-refractivity contribution in [2.45, 2.75) is 12.3 Å². The first-order valence-electron chi connectivity index (χ1n) is 4.07. The molecule has 58 valence electrons. The normalized spacial score (nSPS) is 23.8. The Labute approximate surface area is 66.7 Å². The van der Waals surface area contributed by atoms with Gasteiger partial charge in [0.1, 0.15) is 0 Å². The zero-order valence-electron chi connectivity index (χ0n) is 6.46. The molecule has 1 saturated heterocycles. The van der Waals surface area contributed by atoms with Gasteiger partial charge in [0, 0.05) is 18.9 Å². The van der Waals surface area contributed by atoms with E-state index in [2.05, 4.69) is 22.4 Å². The maximum Gasteiger partial charge on any atom is 0.0270 e. The topological polar surface area (TPSA) is 24.9 Å². The van der Waals surface area contributed by atoms with Gasteiger partial charge in [-0.2, -0.15) is 0 Å². The maximum absolute atomic E-state index is 4.00. The van der Waals surface area contributed by atoms with Crippen LogP contribution in [0.3, 0.4) is 0 Å². The van der Waals surface area contributed by atoms with Crippen molar-refractivity contribution < 1.29 is 0 Å². The summed E-state index contributed by atoms with van der Waals surface area (Å²) in [6.45, 7) is 2.29. The summed E-state index contributed by atoms with van der Waals surface area (Å²) in [5.74, 6) is 0.720. The summed E-state index contributed by atoms with van der Waals surface area (Å²) in [5, 5.41) is 3.35. The molecule has 1 aromatic rings. The molecule has 1 aliphatic rings. The van der Waals surface area contributed by atoms with Crippen LogP contribution in [0.15, 0.2) is 24.5 Å². The van der Waals surface area contributed by atoms with Crippen molar-refractivity contribution in [1.82, 2.24) is 10.3 Å². The Balaban J connectivity index is 2.16. The van der Waals surface area contributed by atoms with E-state index >= 15 is 0 Å². The van der Waals surface area contributed by atoms with E-state index in [1.165, 1.54) is 12.0 Å². The number of pyridine rings is 1. The molecule has 2 heterocycles. The molecule has 0 aromatic carbocycles. The number of nitrogens with zero attached hydrogens (tertiary/aromatic N) is 1. The predicted octanol–water partition coefficient (Wildman–Crippen LogP) is 1.16. The fourth-order valence-corrected chi connectivity index (χ4v) is 1.57. The number of hydrogen-bond acceptors (Lipinski definition) is 2. The van der Waals surface area contributed by atoms with Gasteiger partial charge in [-0.1, -0.05) is 0 Å². The summed E-state index contributed by atoms with van der Waals surface area (Å²) in [4.78, 5) is 4.00. The van der Waals surface area contributed by atoms with Crippen LogP contribution in [0.1, 0.15) is 17.9 Å². The summed E-state index contributed by atoms with van der Waals surface area (Å²) >= 11 is 0.